The summed E-state index contributed by atoms with van der Waals surface area (Å²) in [6, 6.07) is 7.50. The van der Waals surface area contributed by atoms with Crippen LogP contribution >= 0.6 is 0 Å². The van der Waals surface area contributed by atoms with E-state index < -0.39 is 0 Å². The standard InChI is InChI=1S/C15H22O3/c1-4-13-5-7-14(8-6-13)15(16)18-10-9-17-11-12(2)3/h5-8,12H,4,9-11H2,1-3H3. The predicted molar refractivity (Wildman–Crippen MR) is 71.8 cm³/mol. The van der Waals surface area contributed by atoms with Gasteiger partial charge in [0, 0.05) is 6.61 Å². The van der Waals surface area contributed by atoms with Crippen molar-refractivity contribution in [3.05, 3.63) is 35.4 Å². The first-order chi connectivity index (χ1) is 8.63. The van der Waals surface area contributed by atoms with Crippen LogP contribution in [-0.4, -0.2) is 25.8 Å². The molecule has 0 heterocycles. The third-order valence-corrected chi connectivity index (χ3v) is 2.51. The number of benzene rings is 1. The summed E-state index contributed by atoms with van der Waals surface area (Å²) in [5, 5.41) is 0. The van der Waals surface area contributed by atoms with E-state index in [0.717, 1.165) is 6.42 Å². The molecular weight excluding hydrogens is 228 g/mol. The Bertz CT molecular complexity index is 355. The second-order valence-corrected chi connectivity index (χ2v) is 4.66. The first kappa shape index (κ1) is 14.7. The zero-order chi connectivity index (χ0) is 13.4. The molecule has 0 aliphatic heterocycles. The maximum atomic E-state index is 11.7. The molecule has 0 aliphatic carbocycles. The molecule has 0 aromatic heterocycles. The zero-order valence-electron chi connectivity index (χ0n) is 11.4. The molecule has 1 aromatic carbocycles. The Balaban J connectivity index is 2.27. The molecule has 0 aliphatic rings. The molecule has 18 heavy (non-hydrogen) atoms. The number of carbonyl (C=O) groups is 1. The van der Waals surface area contributed by atoms with Crippen LogP contribution in [0.4, 0.5) is 0 Å². The first-order valence-electron chi connectivity index (χ1n) is 6.47. The molecular formula is C15H22O3. The molecule has 100 valence electrons. The van der Waals surface area contributed by atoms with Crippen molar-refractivity contribution in [3.63, 3.8) is 0 Å². The number of hydrogen-bond acceptors (Lipinski definition) is 3. The minimum absolute atomic E-state index is 0.286. The van der Waals surface area contributed by atoms with Gasteiger partial charge in [0.25, 0.3) is 0 Å². The topological polar surface area (TPSA) is 35.5 Å². The largest absolute Gasteiger partial charge is 0.460 e. The van der Waals surface area contributed by atoms with Crippen LogP contribution in [0, 0.1) is 5.92 Å². The highest BCUT2D eigenvalue weighted by Gasteiger charge is 2.06. The van der Waals surface area contributed by atoms with E-state index in [1.54, 1.807) is 12.1 Å². The van der Waals surface area contributed by atoms with Gasteiger partial charge in [-0.15, -0.1) is 0 Å². The lowest BCUT2D eigenvalue weighted by molar-refractivity contribution is 0.0277. The van der Waals surface area contributed by atoms with E-state index in [1.807, 2.05) is 12.1 Å². The van der Waals surface area contributed by atoms with Gasteiger partial charge in [-0.05, 0) is 30.0 Å². The van der Waals surface area contributed by atoms with Gasteiger partial charge in [-0.3, -0.25) is 0 Å². The van der Waals surface area contributed by atoms with E-state index in [2.05, 4.69) is 20.8 Å². The minimum atomic E-state index is -0.286. The molecule has 0 bridgehead atoms. The zero-order valence-corrected chi connectivity index (χ0v) is 11.4. The lowest BCUT2D eigenvalue weighted by atomic mass is 10.1. The number of rotatable bonds is 7. The molecule has 0 radical (unpaired) electrons. The van der Waals surface area contributed by atoms with Crippen molar-refractivity contribution >= 4 is 5.97 Å². The van der Waals surface area contributed by atoms with Crippen molar-refractivity contribution in [2.45, 2.75) is 27.2 Å². The first-order valence-corrected chi connectivity index (χ1v) is 6.47. The van der Waals surface area contributed by atoms with Crippen LogP contribution in [0.15, 0.2) is 24.3 Å². The third-order valence-electron chi connectivity index (χ3n) is 2.51. The minimum Gasteiger partial charge on any atom is -0.460 e. The van der Waals surface area contributed by atoms with E-state index >= 15 is 0 Å². The van der Waals surface area contributed by atoms with Crippen LogP contribution < -0.4 is 0 Å². The number of carbonyl (C=O) groups excluding carboxylic acids is 1. The van der Waals surface area contributed by atoms with Crippen molar-refractivity contribution in [3.8, 4) is 0 Å². The van der Waals surface area contributed by atoms with Gasteiger partial charge < -0.3 is 9.47 Å². The molecule has 0 fully saturated rings. The summed E-state index contributed by atoms with van der Waals surface area (Å²) in [7, 11) is 0. The van der Waals surface area contributed by atoms with Gasteiger partial charge in [-0.1, -0.05) is 32.9 Å². The Hall–Kier alpha value is -1.35. The van der Waals surface area contributed by atoms with Gasteiger partial charge in [-0.2, -0.15) is 0 Å². The number of hydrogen-bond donors (Lipinski definition) is 0. The molecule has 0 amide bonds. The molecule has 0 spiro atoms. The van der Waals surface area contributed by atoms with Gasteiger partial charge in [0.15, 0.2) is 0 Å². The summed E-state index contributed by atoms with van der Waals surface area (Å²) in [5.74, 6) is 0.216. The highest BCUT2D eigenvalue weighted by Crippen LogP contribution is 2.06. The summed E-state index contributed by atoms with van der Waals surface area (Å²) in [5.41, 5.74) is 1.81. The smallest absolute Gasteiger partial charge is 0.338 e. The molecule has 0 saturated carbocycles. The molecule has 3 nitrogen and oxygen atoms in total. The normalized spacial score (nSPS) is 10.7. The van der Waals surface area contributed by atoms with E-state index in [4.69, 9.17) is 9.47 Å². The molecule has 0 atom stereocenters. The molecule has 3 heteroatoms. The van der Waals surface area contributed by atoms with E-state index in [0.29, 0.717) is 31.3 Å². The van der Waals surface area contributed by atoms with Crippen LogP contribution in [-0.2, 0) is 15.9 Å². The fraction of sp³-hybridized carbons (Fsp3) is 0.533. The van der Waals surface area contributed by atoms with Gasteiger partial charge in [-0.25, -0.2) is 4.79 Å². The molecule has 1 aromatic rings. The highest BCUT2D eigenvalue weighted by molar-refractivity contribution is 5.89. The SMILES string of the molecule is CCc1ccc(C(=O)OCCOCC(C)C)cc1. The fourth-order valence-corrected chi connectivity index (χ4v) is 1.47. The van der Waals surface area contributed by atoms with Crippen molar-refractivity contribution in [2.24, 2.45) is 5.92 Å². The van der Waals surface area contributed by atoms with Crippen molar-refractivity contribution in [2.75, 3.05) is 19.8 Å². The van der Waals surface area contributed by atoms with E-state index in [9.17, 15) is 4.79 Å². The Labute approximate surface area is 109 Å². The second-order valence-electron chi connectivity index (χ2n) is 4.66. The van der Waals surface area contributed by atoms with Crippen molar-refractivity contribution in [1.82, 2.24) is 0 Å². The average molecular weight is 250 g/mol. The second kappa shape index (κ2) is 7.88. The van der Waals surface area contributed by atoms with Crippen molar-refractivity contribution < 1.29 is 14.3 Å². The van der Waals surface area contributed by atoms with Crippen LogP contribution in [0.3, 0.4) is 0 Å². The van der Waals surface area contributed by atoms with E-state index in [1.165, 1.54) is 5.56 Å². The lowest BCUT2D eigenvalue weighted by Crippen LogP contribution is -2.12. The lowest BCUT2D eigenvalue weighted by Gasteiger charge is -2.08. The van der Waals surface area contributed by atoms with Gasteiger partial charge >= 0.3 is 5.97 Å². The van der Waals surface area contributed by atoms with E-state index in [-0.39, 0.29) is 5.97 Å². The summed E-state index contributed by atoms with van der Waals surface area (Å²) in [4.78, 5) is 11.7. The summed E-state index contributed by atoms with van der Waals surface area (Å²) in [6.45, 7) is 7.71. The number of ether oxygens (including phenoxy) is 2. The molecule has 1 rings (SSSR count). The maximum Gasteiger partial charge on any atom is 0.338 e. The Morgan fingerprint density at radius 3 is 2.39 bits per heavy atom. The summed E-state index contributed by atoms with van der Waals surface area (Å²) < 4.78 is 10.5. The number of esters is 1. The Kier molecular flexibility index (Phi) is 6.44. The quantitative estimate of drug-likeness (QED) is 0.551. The molecule has 0 N–H and O–H groups in total. The maximum absolute atomic E-state index is 11.7. The summed E-state index contributed by atoms with van der Waals surface area (Å²) >= 11 is 0. The average Bonchev–Trinajstić information content (AvgIpc) is 2.38. The van der Waals surface area contributed by atoms with Crippen LogP contribution in [0.25, 0.3) is 0 Å². The number of aryl methyl sites for hydroxylation is 1. The molecule has 0 unspecified atom stereocenters. The monoisotopic (exact) mass is 250 g/mol. The Morgan fingerprint density at radius 1 is 1.17 bits per heavy atom. The van der Waals surface area contributed by atoms with Crippen molar-refractivity contribution in [1.29, 1.82) is 0 Å². The third kappa shape index (κ3) is 5.32. The van der Waals surface area contributed by atoms with Gasteiger partial charge in [0.2, 0.25) is 0 Å². The van der Waals surface area contributed by atoms with Gasteiger partial charge in [0.05, 0.1) is 12.2 Å². The molecule has 0 saturated heterocycles. The fourth-order valence-electron chi connectivity index (χ4n) is 1.47. The Morgan fingerprint density at radius 2 is 1.83 bits per heavy atom. The van der Waals surface area contributed by atoms with Crippen LogP contribution in [0.5, 0.6) is 0 Å². The summed E-state index contributed by atoms with van der Waals surface area (Å²) in [6.07, 6.45) is 0.971. The van der Waals surface area contributed by atoms with Gasteiger partial charge in [0.1, 0.15) is 6.61 Å². The van der Waals surface area contributed by atoms with Crippen LogP contribution in [0.2, 0.25) is 0 Å². The highest BCUT2D eigenvalue weighted by atomic mass is 16.6. The predicted octanol–water partition coefficient (Wildman–Crippen LogP) is 3.08. The van der Waals surface area contributed by atoms with Crippen LogP contribution in [0.1, 0.15) is 36.7 Å².